The summed E-state index contributed by atoms with van der Waals surface area (Å²) in [5, 5.41) is 0. The molecular formula is C20H26FN5O3. The van der Waals surface area contributed by atoms with Crippen molar-refractivity contribution in [2.45, 2.75) is 64.2 Å². The summed E-state index contributed by atoms with van der Waals surface area (Å²) < 4.78 is 26.8. The van der Waals surface area contributed by atoms with Crippen LogP contribution in [0.25, 0.3) is 11.2 Å². The maximum Gasteiger partial charge on any atom is 0.312 e. The van der Waals surface area contributed by atoms with Gasteiger partial charge in [-0.3, -0.25) is 9.36 Å². The van der Waals surface area contributed by atoms with Crippen LogP contribution in [0.15, 0.2) is 6.33 Å². The molecule has 0 amide bonds. The Morgan fingerprint density at radius 1 is 1.48 bits per heavy atom. The topological polar surface area (TPSA) is 105 Å². The molecule has 3 heterocycles. The molecular weight excluding hydrogens is 377 g/mol. The maximum absolute atomic E-state index is 13.6. The first kappa shape index (κ1) is 21.0. The summed E-state index contributed by atoms with van der Waals surface area (Å²) in [7, 11) is 0. The number of fused-ring (bicyclic) bond motifs is 1. The van der Waals surface area contributed by atoms with Crippen LogP contribution in [-0.4, -0.2) is 37.7 Å². The molecule has 1 aliphatic rings. The minimum absolute atomic E-state index is 0.0269. The number of aromatic nitrogens is 4. The molecule has 0 unspecified atom stereocenters. The monoisotopic (exact) mass is 403 g/mol. The number of rotatable bonds is 8. The van der Waals surface area contributed by atoms with Crippen molar-refractivity contribution in [3.63, 3.8) is 0 Å². The Labute approximate surface area is 169 Å². The molecule has 0 aliphatic carbocycles. The van der Waals surface area contributed by atoms with Crippen molar-refractivity contribution in [2.24, 2.45) is 5.92 Å². The molecule has 1 fully saturated rings. The number of carbonyl (C=O) groups excluding carboxylic acids is 1. The molecule has 1 aliphatic heterocycles. The number of carbonyl (C=O) groups is 1. The van der Waals surface area contributed by atoms with E-state index < -0.39 is 17.9 Å². The average Bonchev–Trinajstić information content (AvgIpc) is 3.31. The summed E-state index contributed by atoms with van der Waals surface area (Å²) in [6.45, 7) is 4.05. The van der Waals surface area contributed by atoms with Crippen molar-refractivity contribution in [3.05, 3.63) is 12.4 Å². The predicted molar refractivity (Wildman–Crippen MR) is 105 cm³/mol. The number of terminal acetylenes is 1. The van der Waals surface area contributed by atoms with Crippen LogP contribution < -0.4 is 5.73 Å². The van der Waals surface area contributed by atoms with E-state index in [4.69, 9.17) is 21.6 Å². The standard InChI is InChI=1S/C20H26FN5O3/c1-4-7-13(8-5-2)18(27)28-11-20(6-3)10-9-14(29-20)26-12-23-15-16(22)24-19(21)25-17(15)26/h3,12-14H,4-5,7-11H2,1-2H3,(H2,22,24,25)/t14-,20+/m1/s1. The predicted octanol–water partition coefficient (Wildman–Crippen LogP) is 2.99. The lowest BCUT2D eigenvalue weighted by atomic mass is 9.98. The third kappa shape index (κ3) is 4.32. The molecule has 2 aromatic rings. The summed E-state index contributed by atoms with van der Waals surface area (Å²) in [5.41, 5.74) is 5.19. The number of esters is 1. The van der Waals surface area contributed by atoms with Crippen LogP contribution in [0, 0.1) is 24.3 Å². The van der Waals surface area contributed by atoms with Gasteiger partial charge in [0.2, 0.25) is 0 Å². The minimum atomic E-state index is -1.04. The van der Waals surface area contributed by atoms with Crippen LogP contribution in [0.5, 0.6) is 0 Å². The SMILES string of the molecule is C#C[C@@]1(COC(=O)C(CCC)CCC)CC[C@H](n2cnc3c(N)nc(F)nc32)O1. The van der Waals surface area contributed by atoms with Crippen molar-refractivity contribution in [1.29, 1.82) is 0 Å². The van der Waals surface area contributed by atoms with Crippen LogP contribution >= 0.6 is 0 Å². The van der Waals surface area contributed by atoms with E-state index >= 15 is 0 Å². The van der Waals surface area contributed by atoms with E-state index in [-0.39, 0.29) is 30.0 Å². The molecule has 0 spiro atoms. The lowest BCUT2D eigenvalue weighted by molar-refractivity contribution is -0.157. The Bertz CT molecular complexity index is 919. The molecule has 2 aromatic heterocycles. The van der Waals surface area contributed by atoms with Gasteiger partial charge in [0.1, 0.15) is 12.8 Å². The number of hydrogen-bond donors (Lipinski definition) is 1. The number of nitrogen functional groups attached to an aromatic ring is 1. The fourth-order valence-corrected chi connectivity index (χ4v) is 3.69. The molecule has 0 bridgehead atoms. The Hall–Kier alpha value is -2.73. The highest BCUT2D eigenvalue weighted by Gasteiger charge is 2.42. The van der Waals surface area contributed by atoms with E-state index in [1.807, 2.05) is 13.8 Å². The van der Waals surface area contributed by atoms with Crippen molar-refractivity contribution in [3.8, 4) is 12.3 Å². The van der Waals surface area contributed by atoms with Gasteiger partial charge in [-0.15, -0.1) is 6.42 Å². The smallest absolute Gasteiger partial charge is 0.312 e. The van der Waals surface area contributed by atoms with Crippen LogP contribution in [0.2, 0.25) is 0 Å². The molecule has 1 saturated heterocycles. The number of nitrogens with zero attached hydrogens (tertiary/aromatic N) is 4. The molecule has 0 saturated carbocycles. The molecule has 29 heavy (non-hydrogen) atoms. The number of anilines is 1. The minimum Gasteiger partial charge on any atom is -0.461 e. The van der Waals surface area contributed by atoms with Gasteiger partial charge < -0.3 is 15.2 Å². The molecule has 8 nitrogen and oxygen atoms in total. The van der Waals surface area contributed by atoms with Gasteiger partial charge >= 0.3 is 12.0 Å². The van der Waals surface area contributed by atoms with E-state index in [1.54, 1.807) is 4.57 Å². The van der Waals surface area contributed by atoms with Gasteiger partial charge in [-0.1, -0.05) is 32.6 Å². The van der Waals surface area contributed by atoms with Gasteiger partial charge in [0, 0.05) is 0 Å². The average molecular weight is 403 g/mol. The van der Waals surface area contributed by atoms with Crippen LogP contribution in [0.1, 0.15) is 58.6 Å². The molecule has 9 heteroatoms. The van der Waals surface area contributed by atoms with Crippen LogP contribution in [-0.2, 0) is 14.3 Å². The Morgan fingerprint density at radius 3 is 2.86 bits per heavy atom. The van der Waals surface area contributed by atoms with Crippen LogP contribution in [0.3, 0.4) is 0 Å². The van der Waals surface area contributed by atoms with Gasteiger partial charge in [0.15, 0.2) is 22.6 Å². The number of nitrogens with two attached hydrogens (primary N) is 1. The molecule has 2 atom stereocenters. The molecule has 0 radical (unpaired) electrons. The lowest BCUT2D eigenvalue weighted by Crippen LogP contribution is -2.35. The van der Waals surface area contributed by atoms with Crippen LogP contribution in [0.4, 0.5) is 10.2 Å². The number of halogens is 1. The first-order chi connectivity index (χ1) is 13.9. The van der Waals surface area contributed by atoms with E-state index in [1.165, 1.54) is 6.33 Å². The fraction of sp³-hybridized carbons (Fsp3) is 0.600. The second-order valence-electron chi connectivity index (χ2n) is 7.33. The molecule has 3 rings (SSSR count). The lowest BCUT2D eigenvalue weighted by Gasteiger charge is -2.25. The molecule has 0 aromatic carbocycles. The maximum atomic E-state index is 13.6. The zero-order valence-corrected chi connectivity index (χ0v) is 16.7. The van der Waals surface area contributed by atoms with Gasteiger partial charge in [-0.25, -0.2) is 4.98 Å². The van der Waals surface area contributed by atoms with E-state index in [0.717, 1.165) is 25.7 Å². The second kappa shape index (κ2) is 8.74. The normalized spacial score (nSPS) is 21.6. The first-order valence-corrected chi connectivity index (χ1v) is 9.90. The molecule has 156 valence electrons. The highest BCUT2D eigenvalue weighted by atomic mass is 19.1. The highest BCUT2D eigenvalue weighted by Crippen LogP contribution is 2.38. The Morgan fingerprint density at radius 2 is 2.21 bits per heavy atom. The number of ether oxygens (including phenoxy) is 2. The van der Waals surface area contributed by atoms with Crippen molar-refractivity contribution < 1.29 is 18.7 Å². The first-order valence-electron chi connectivity index (χ1n) is 9.90. The fourth-order valence-electron chi connectivity index (χ4n) is 3.69. The zero-order chi connectivity index (χ0) is 21.0. The van der Waals surface area contributed by atoms with Crippen molar-refractivity contribution in [2.75, 3.05) is 12.3 Å². The highest BCUT2D eigenvalue weighted by molar-refractivity contribution is 5.81. The van der Waals surface area contributed by atoms with Crippen molar-refractivity contribution >= 4 is 23.0 Å². The summed E-state index contributed by atoms with van der Waals surface area (Å²) in [4.78, 5) is 23.9. The number of hydrogen-bond acceptors (Lipinski definition) is 7. The van der Waals surface area contributed by atoms with Gasteiger partial charge in [-0.05, 0) is 25.7 Å². The van der Waals surface area contributed by atoms with E-state index in [9.17, 15) is 9.18 Å². The van der Waals surface area contributed by atoms with E-state index in [0.29, 0.717) is 18.4 Å². The summed E-state index contributed by atoms with van der Waals surface area (Å²) in [5.74, 6) is 2.22. The van der Waals surface area contributed by atoms with Gasteiger partial charge in [0.05, 0.1) is 12.2 Å². The number of imidazole rings is 1. The Balaban J connectivity index is 1.72. The quantitative estimate of drug-likeness (QED) is 0.410. The third-order valence-electron chi connectivity index (χ3n) is 5.21. The van der Waals surface area contributed by atoms with Gasteiger partial charge in [-0.2, -0.15) is 14.4 Å². The zero-order valence-electron chi connectivity index (χ0n) is 16.7. The van der Waals surface area contributed by atoms with E-state index in [2.05, 4.69) is 20.9 Å². The summed E-state index contributed by atoms with van der Waals surface area (Å²) in [6.07, 6.45) is 10.1. The molecule has 2 N–H and O–H groups in total. The Kier molecular flexibility index (Phi) is 6.33. The largest absolute Gasteiger partial charge is 0.461 e. The summed E-state index contributed by atoms with van der Waals surface area (Å²) >= 11 is 0. The summed E-state index contributed by atoms with van der Waals surface area (Å²) in [6, 6.07) is 0. The van der Waals surface area contributed by atoms with Gasteiger partial charge in [0.25, 0.3) is 0 Å². The third-order valence-corrected chi connectivity index (χ3v) is 5.21. The second-order valence-corrected chi connectivity index (χ2v) is 7.33. The van der Waals surface area contributed by atoms with Crippen molar-refractivity contribution in [1.82, 2.24) is 19.5 Å².